The first-order valence-electron chi connectivity index (χ1n) is 9.66. The molecule has 0 spiro atoms. The number of amides is 1. The molecule has 1 heterocycles. The van der Waals surface area contributed by atoms with Crippen LogP contribution >= 0.6 is 0 Å². The minimum absolute atomic E-state index is 0.0716. The predicted molar refractivity (Wildman–Crippen MR) is 116 cm³/mol. The first-order chi connectivity index (χ1) is 14.1. The van der Waals surface area contributed by atoms with Crippen molar-refractivity contribution in [3.05, 3.63) is 107 Å². The lowest BCUT2D eigenvalue weighted by Gasteiger charge is -2.09. The van der Waals surface area contributed by atoms with Gasteiger partial charge >= 0.3 is 0 Å². The molecule has 0 aliphatic rings. The van der Waals surface area contributed by atoms with E-state index in [4.69, 9.17) is 5.10 Å². The van der Waals surface area contributed by atoms with E-state index in [0.717, 1.165) is 33.6 Å². The number of hydrogen-bond donors (Lipinski definition) is 1. The molecular weight excluding hydrogens is 358 g/mol. The van der Waals surface area contributed by atoms with Crippen LogP contribution in [0.3, 0.4) is 0 Å². The molecule has 4 heteroatoms. The Morgan fingerprint density at radius 3 is 2.34 bits per heavy atom. The van der Waals surface area contributed by atoms with Crippen molar-refractivity contribution in [3.8, 4) is 16.9 Å². The summed E-state index contributed by atoms with van der Waals surface area (Å²) in [6.07, 6.45) is 1.99. The zero-order valence-electron chi connectivity index (χ0n) is 16.6. The van der Waals surface area contributed by atoms with Crippen LogP contribution in [0.1, 0.15) is 27.0 Å². The first-order valence-corrected chi connectivity index (χ1v) is 9.66. The highest BCUT2D eigenvalue weighted by atomic mass is 16.1. The molecule has 4 nitrogen and oxygen atoms in total. The highest BCUT2D eigenvalue weighted by Crippen LogP contribution is 2.24. The van der Waals surface area contributed by atoms with Gasteiger partial charge in [0.05, 0.1) is 11.4 Å². The maximum absolute atomic E-state index is 12.8. The SMILES string of the molecule is Cc1ccc(C)c(C(=O)NCc2cn(-c3ccccc3)nc2-c2ccccc2)c1. The van der Waals surface area contributed by atoms with E-state index in [-0.39, 0.29) is 5.91 Å². The fourth-order valence-corrected chi connectivity index (χ4v) is 3.34. The first kappa shape index (κ1) is 18.7. The van der Waals surface area contributed by atoms with Gasteiger partial charge in [-0.05, 0) is 37.6 Å². The van der Waals surface area contributed by atoms with Crippen molar-refractivity contribution in [2.75, 3.05) is 0 Å². The molecule has 4 aromatic rings. The van der Waals surface area contributed by atoms with Crippen molar-refractivity contribution in [3.63, 3.8) is 0 Å². The topological polar surface area (TPSA) is 46.9 Å². The zero-order chi connectivity index (χ0) is 20.2. The third-order valence-corrected chi connectivity index (χ3v) is 4.94. The molecule has 4 rings (SSSR count). The van der Waals surface area contributed by atoms with E-state index in [0.29, 0.717) is 12.1 Å². The molecule has 1 aromatic heterocycles. The Morgan fingerprint density at radius 2 is 1.62 bits per heavy atom. The van der Waals surface area contributed by atoms with Crippen LogP contribution in [0.25, 0.3) is 16.9 Å². The van der Waals surface area contributed by atoms with Gasteiger partial charge in [-0.15, -0.1) is 0 Å². The summed E-state index contributed by atoms with van der Waals surface area (Å²) in [6.45, 7) is 4.36. The van der Waals surface area contributed by atoms with Crippen molar-refractivity contribution in [1.29, 1.82) is 0 Å². The van der Waals surface area contributed by atoms with E-state index < -0.39 is 0 Å². The maximum Gasteiger partial charge on any atom is 0.251 e. The van der Waals surface area contributed by atoms with E-state index in [2.05, 4.69) is 5.32 Å². The molecule has 0 aliphatic carbocycles. The van der Waals surface area contributed by atoms with E-state index in [9.17, 15) is 4.79 Å². The van der Waals surface area contributed by atoms with Gasteiger partial charge in [0, 0.05) is 29.4 Å². The van der Waals surface area contributed by atoms with Crippen molar-refractivity contribution < 1.29 is 4.79 Å². The molecule has 0 saturated carbocycles. The maximum atomic E-state index is 12.8. The summed E-state index contributed by atoms with van der Waals surface area (Å²) in [6, 6.07) is 26.0. The Hall–Kier alpha value is -3.66. The van der Waals surface area contributed by atoms with Crippen LogP contribution in [0, 0.1) is 13.8 Å². The van der Waals surface area contributed by atoms with Crippen molar-refractivity contribution >= 4 is 5.91 Å². The number of nitrogens with zero attached hydrogens (tertiary/aromatic N) is 2. The fourth-order valence-electron chi connectivity index (χ4n) is 3.34. The number of rotatable bonds is 5. The lowest BCUT2D eigenvalue weighted by Crippen LogP contribution is -2.23. The molecule has 0 saturated heterocycles. The van der Waals surface area contributed by atoms with Gasteiger partial charge in [0.1, 0.15) is 0 Å². The van der Waals surface area contributed by atoms with Crippen molar-refractivity contribution in [2.45, 2.75) is 20.4 Å². The summed E-state index contributed by atoms with van der Waals surface area (Å²) in [7, 11) is 0. The van der Waals surface area contributed by atoms with Gasteiger partial charge in [-0.1, -0.05) is 66.2 Å². The molecule has 0 fully saturated rings. The molecule has 144 valence electrons. The molecule has 29 heavy (non-hydrogen) atoms. The standard InChI is InChI=1S/C25H23N3O/c1-18-13-14-19(2)23(15-18)25(29)26-16-21-17-28(22-11-7-4-8-12-22)27-24(21)20-9-5-3-6-10-20/h3-15,17H,16H2,1-2H3,(H,26,29). The number of aromatic nitrogens is 2. The van der Waals surface area contributed by atoms with Crippen LogP contribution in [0.2, 0.25) is 0 Å². The van der Waals surface area contributed by atoms with Gasteiger partial charge in [0.25, 0.3) is 5.91 Å². The lowest BCUT2D eigenvalue weighted by molar-refractivity contribution is 0.0950. The third kappa shape index (κ3) is 4.11. The van der Waals surface area contributed by atoms with Gasteiger partial charge < -0.3 is 5.32 Å². The predicted octanol–water partition coefficient (Wildman–Crippen LogP) is 5.09. The zero-order valence-corrected chi connectivity index (χ0v) is 16.6. The number of hydrogen-bond acceptors (Lipinski definition) is 2. The van der Waals surface area contributed by atoms with Crippen LogP contribution in [0.15, 0.2) is 85.1 Å². The molecule has 3 aromatic carbocycles. The van der Waals surface area contributed by atoms with Crippen LogP contribution in [0.4, 0.5) is 0 Å². The number of carbonyl (C=O) groups is 1. The quantitative estimate of drug-likeness (QED) is 0.524. The summed E-state index contributed by atoms with van der Waals surface area (Å²) in [4.78, 5) is 12.8. The second-order valence-corrected chi connectivity index (χ2v) is 7.15. The minimum atomic E-state index is -0.0716. The van der Waals surface area contributed by atoms with Crippen LogP contribution in [0.5, 0.6) is 0 Å². The number of carbonyl (C=O) groups excluding carboxylic acids is 1. The molecule has 0 atom stereocenters. The number of benzene rings is 3. The van der Waals surface area contributed by atoms with Crippen LogP contribution < -0.4 is 5.32 Å². The monoisotopic (exact) mass is 381 g/mol. The van der Waals surface area contributed by atoms with E-state index in [1.807, 2.05) is 104 Å². The van der Waals surface area contributed by atoms with E-state index >= 15 is 0 Å². The summed E-state index contributed by atoms with van der Waals surface area (Å²) >= 11 is 0. The molecule has 0 bridgehead atoms. The normalized spacial score (nSPS) is 10.7. The Kier molecular flexibility index (Phi) is 5.25. The third-order valence-electron chi connectivity index (χ3n) is 4.94. The Balaban J connectivity index is 1.64. The van der Waals surface area contributed by atoms with Crippen LogP contribution in [-0.4, -0.2) is 15.7 Å². The number of nitrogens with one attached hydrogen (secondary N) is 1. The largest absolute Gasteiger partial charge is 0.348 e. The van der Waals surface area contributed by atoms with Gasteiger partial charge in [-0.2, -0.15) is 5.10 Å². The molecule has 0 radical (unpaired) electrons. The second kappa shape index (κ2) is 8.15. The van der Waals surface area contributed by atoms with Crippen molar-refractivity contribution in [1.82, 2.24) is 15.1 Å². The average Bonchev–Trinajstić information content (AvgIpc) is 3.19. The molecular formula is C25H23N3O. The molecule has 1 amide bonds. The van der Waals surface area contributed by atoms with E-state index in [1.54, 1.807) is 0 Å². The van der Waals surface area contributed by atoms with Gasteiger partial charge in [-0.3, -0.25) is 4.79 Å². The number of aryl methyl sites for hydroxylation is 2. The highest BCUT2D eigenvalue weighted by Gasteiger charge is 2.15. The van der Waals surface area contributed by atoms with Gasteiger partial charge in [-0.25, -0.2) is 4.68 Å². The fraction of sp³-hybridized carbons (Fsp3) is 0.120. The summed E-state index contributed by atoms with van der Waals surface area (Å²) in [5.74, 6) is -0.0716. The molecule has 1 N–H and O–H groups in total. The summed E-state index contributed by atoms with van der Waals surface area (Å²) < 4.78 is 1.86. The highest BCUT2D eigenvalue weighted by molar-refractivity contribution is 5.95. The Morgan fingerprint density at radius 1 is 0.931 bits per heavy atom. The molecule has 0 unspecified atom stereocenters. The minimum Gasteiger partial charge on any atom is -0.348 e. The second-order valence-electron chi connectivity index (χ2n) is 7.15. The summed E-state index contributed by atoms with van der Waals surface area (Å²) in [5.41, 5.74) is 6.60. The number of para-hydroxylation sites is 1. The summed E-state index contributed by atoms with van der Waals surface area (Å²) in [5, 5.41) is 7.86. The van der Waals surface area contributed by atoms with Gasteiger partial charge in [0.15, 0.2) is 0 Å². The average molecular weight is 381 g/mol. The molecule has 0 aliphatic heterocycles. The van der Waals surface area contributed by atoms with Gasteiger partial charge in [0.2, 0.25) is 0 Å². The Labute approximate surface area is 170 Å². The lowest BCUT2D eigenvalue weighted by atomic mass is 10.0. The Bertz CT molecular complexity index is 1130. The van der Waals surface area contributed by atoms with Crippen molar-refractivity contribution in [2.24, 2.45) is 0 Å². The smallest absolute Gasteiger partial charge is 0.251 e. The van der Waals surface area contributed by atoms with E-state index in [1.165, 1.54) is 0 Å². The van der Waals surface area contributed by atoms with Crippen LogP contribution in [-0.2, 0) is 6.54 Å².